The molecule has 0 aliphatic rings. The molecule has 0 amide bonds. The van der Waals surface area contributed by atoms with Crippen molar-refractivity contribution in [2.75, 3.05) is 6.54 Å². The lowest BCUT2D eigenvalue weighted by Gasteiger charge is -2.19. The van der Waals surface area contributed by atoms with Gasteiger partial charge < -0.3 is 10.1 Å². The van der Waals surface area contributed by atoms with Gasteiger partial charge in [0.15, 0.2) is 0 Å². The Kier molecular flexibility index (Phi) is 5.00. The summed E-state index contributed by atoms with van der Waals surface area (Å²) in [6, 6.07) is 6.05. The number of benzene rings is 1. The Morgan fingerprint density at radius 1 is 1.16 bits per heavy atom. The van der Waals surface area contributed by atoms with Gasteiger partial charge in [0.2, 0.25) is 0 Å². The number of hydrogen-bond donors (Lipinski definition) is 1. The van der Waals surface area contributed by atoms with E-state index in [1.54, 1.807) is 24.3 Å². The lowest BCUT2D eigenvalue weighted by molar-refractivity contribution is -0.274. The zero-order valence-corrected chi connectivity index (χ0v) is 11.2. The summed E-state index contributed by atoms with van der Waals surface area (Å²) in [4.78, 5) is 0. The largest absolute Gasteiger partial charge is 0.573 e. The van der Waals surface area contributed by atoms with E-state index in [4.69, 9.17) is 0 Å². The van der Waals surface area contributed by atoms with Crippen LogP contribution in [0.1, 0.15) is 26.3 Å². The fourth-order valence-corrected chi connectivity index (χ4v) is 1.39. The molecule has 1 rings (SSSR count). The van der Waals surface area contributed by atoms with Gasteiger partial charge in [-0.3, -0.25) is 0 Å². The average Bonchev–Trinajstić information content (AvgIpc) is 2.23. The minimum Gasteiger partial charge on any atom is -0.405 e. The summed E-state index contributed by atoms with van der Waals surface area (Å²) >= 11 is 0. The predicted octanol–water partition coefficient (Wildman–Crippen LogP) is 3.99. The molecule has 2 nitrogen and oxygen atoms in total. The molecule has 0 bridgehead atoms. The molecule has 0 aliphatic carbocycles. The van der Waals surface area contributed by atoms with Gasteiger partial charge in [0, 0.05) is 17.6 Å². The average molecular weight is 273 g/mol. The van der Waals surface area contributed by atoms with Crippen molar-refractivity contribution in [3.05, 3.63) is 35.9 Å². The van der Waals surface area contributed by atoms with Crippen LogP contribution in [0.2, 0.25) is 0 Å². The Labute approximate surface area is 111 Å². The number of hydrogen-bond acceptors (Lipinski definition) is 2. The maximum Gasteiger partial charge on any atom is 0.573 e. The minimum atomic E-state index is -4.67. The zero-order chi connectivity index (χ0) is 14.5. The highest BCUT2D eigenvalue weighted by atomic mass is 19.4. The molecule has 0 fully saturated rings. The molecule has 5 heteroatoms. The molecular weight excluding hydrogens is 255 g/mol. The van der Waals surface area contributed by atoms with Crippen LogP contribution in [0.15, 0.2) is 30.3 Å². The number of alkyl halides is 3. The molecule has 0 heterocycles. The predicted molar refractivity (Wildman–Crippen MR) is 69.9 cm³/mol. The van der Waals surface area contributed by atoms with Crippen LogP contribution in [0.5, 0.6) is 5.75 Å². The first-order valence-corrected chi connectivity index (χ1v) is 5.94. The summed E-state index contributed by atoms with van der Waals surface area (Å²) in [7, 11) is 0. The maximum absolute atomic E-state index is 12.2. The normalized spacial score (nSPS) is 12.9. The summed E-state index contributed by atoms with van der Waals surface area (Å²) in [5, 5.41) is 3.21. The second-order valence-corrected chi connectivity index (χ2v) is 5.12. The molecule has 1 aromatic carbocycles. The van der Waals surface area contributed by atoms with E-state index in [1.165, 1.54) is 12.1 Å². The van der Waals surface area contributed by atoms with E-state index in [-0.39, 0.29) is 11.3 Å². The van der Waals surface area contributed by atoms with Crippen LogP contribution in [0.4, 0.5) is 13.2 Å². The number of ether oxygens (including phenoxy) is 1. The standard InChI is InChI=1S/C14H18F3NO/c1-13(2,3)18-10-6-8-11-7-4-5-9-12(11)19-14(15,16)17/h4-9,18H,10H2,1-3H3. The highest BCUT2D eigenvalue weighted by Crippen LogP contribution is 2.26. The Balaban J connectivity index is 2.70. The number of halogens is 3. The Hall–Kier alpha value is -1.49. The van der Waals surface area contributed by atoms with Crippen molar-refractivity contribution in [3.8, 4) is 5.75 Å². The number of nitrogens with one attached hydrogen (secondary N) is 1. The van der Waals surface area contributed by atoms with Gasteiger partial charge in [-0.05, 0) is 26.8 Å². The lowest BCUT2D eigenvalue weighted by atomic mass is 10.1. The Morgan fingerprint density at radius 3 is 2.37 bits per heavy atom. The van der Waals surface area contributed by atoms with Crippen molar-refractivity contribution in [2.24, 2.45) is 0 Å². The molecule has 19 heavy (non-hydrogen) atoms. The SMILES string of the molecule is CC(C)(C)NCC=Cc1ccccc1OC(F)(F)F. The molecule has 1 aromatic rings. The number of para-hydroxylation sites is 1. The van der Waals surface area contributed by atoms with Crippen LogP contribution < -0.4 is 10.1 Å². The van der Waals surface area contributed by atoms with E-state index in [2.05, 4.69) is 10.1 Å². The highest BCUT2D eigenvalue weighted by Gasteiger charge is 2.31. The second kappa shape index (κ2) is 6.10. The van der Waals surface area contributed by atoms with Crippen LogP contribution in [0, 0.1) is 0 Å². The number of rotatable bonds is 4. The summed E-state index contributed by atoms with van der Waals surface area (Å²) in [5.74, 6) is -0.193. The van der Waals surface area contributed by atoms with Gasteiger partial charge >= 0.3 is 6.36 Å². The van der Waals surface area contributed by atoms with E-state index in [9.17, 15) is 13.2 Å². The lowest BCUT2D eigenvalue weighted by Crippen LogP contribution is -2.35. The van der Waals surface area contributed by atoms with Crippen LogP contribution in [0.3, 0.4) is 0 Å². The highest BCUT2D eigenvalue weighted by molar-refractivity contribution is 5.57. The monoisotopic (exact) mass is 273 g/mol. The summed E-state index contributed by atoms with van der Waals surface area (Å²) in [6.07, 6.45) is -1.29. The van der Waals surface area contributed by atoms with Crippen LogP contribution in [-0.2, 0) is 0 Å². The third kappa shape index (κ3) is 6.86. The second-order valence-electron chi connectivity index (χ2n) is 5.12. The van der Waals surface area contributed by atoms with Crippen LogP contribution in [-0.4, -0.2) is 18.4 Å². The third-order valence-corrected chi connectivity index (χ3v) is 2.19. The zero-order valence-electron chi connectivity index (χ0n) is 11.2. The minimum absolute atomic E-state index is 0.0354. The molecule has 0 aliphatic heterocycles. The van der Waals surface area contributed by atoms with Crippen molar-refractivity contribution in [1.29, 1.82) is 0 Å². The van der Waals surface area contributed by atoms with Gasteiger partial charge in [0.05, 0.1) is 0 Å². The maximum atomic E-state index is 12.2. The molecular formula is C14H18F3NO. The summed E-state index contributed by atoms with van der Waals surface area (Å²) in [5.41, 5.74) is 0.363. The molecule has 0 saturated heterocycles. The Morgan fingerprint density at radius 2 is 1.79 bits per heavy atom. The van der Waals surface area contributed by atoms with Crippen molar-refractivity contribution < 1.29 is 17.9 Å². The smallest absolute Gasteiger partial charge is 0.405 e. The first kappa shape index (κ1) is 15.6. The molecule has 0 atom stereocenters. The fraction of sp³-hybridized carbons (Fsp3) is 0.429. The van der Waals surface area contributed by atoms with Gasteiger partial charge in [0.25, 0.3) is 0 Å². The van der Waals surface area contributed by atoms with Gasteiger partial charge in [-0.25, -0.2) is 0 Å². The first-order chi connectivity index (χ1) is 8.67. The van der Waals surface area contributed by atoms with Crippen molar-refractivity contribution in [2.45, 2.75) is 32.7 Å². The topological polar surface area (TPSA) is 21.3 Å². The van der Waals surface area contributed by atoms with Crippen molar-refractivity contribution in [3.63, 3.8) is 0 Å². The quantitative estimate of drug-likeness (QED) is 0.895. The van der Waals surface area contributed by atoms with Crippen LogP contribution >= 0.6 is 0 Å². The van der Waals surface area contributed by atoms with Gasteiger partial charge in [-0.1, -0.05) is 30.4 Å². The molecule has 0 unspecified atom stereocenters. The Bertz CT molecular complexity index is 433. The summed E-state index contributed by atoms with van der Waals surface area (Å²) < 4.78 is 40.6. The molecule has 0 spiro atoms. The van der Waals surface area contributed by atoms with Crippen LogP contribution in [0.25, 0.3) is 6.08 Å². The van der Waals surface area contributed by atoms with Crippen molar-refractivity contribution in [1.82, 2.24) is 5.32 Å². The van der Waals surface area contributed by atoms with Gasteiger partial charge in [-0.2, -0.15) is 0 Å². The molecule has 0 saturated carbocycles. The molecule has 0 radical (unpaired) electrons. The fourth-order valence-electron chi connectivity index (χ4n) is 1.39. The van der Waals surface area contributed by atoms with Gasteiger partial charge in [-0.15, -0.1) is 13.2 Å². The van der Waals surface area contributed by atoms with Crippen molar-refractivity contribution >= 4 is 6.08 Å². The summed E-state index contributed by atoms with van der Waals surface area (Å²) in [6.45, 7) is 6.62. The van der Waals surface area contributed by atoms with E-state index in [0.717, 1.165) is 0 Å². The molecule has 1 N–H and O–H groups in total. The molecule has 0 aromatic heterocycles. The van der Waals surface area contributed by atoms with E-state index < -0.39 is 6.36 Å². The first-order valence-electron chi connectivity index (χ1n) is 5.94. The van der Waals surface area contributed by atoms with Gasteiger partial charge in [0.1, 0.15) is 5.75 Å². The third-order valence-electron chi connectivity index (χ3n) is 2.19. The molecule has 106 valence electrons. The van der Waals surface area contributed by atoms with E-state index in [1.807, 2.05) is 20.8 Å². The van der Waals surface area contributed by atoms with E-state index in [0.29, 0.717) is 12.1 Å². The van der Waals surface area contributed by atoms with E-state index >= 15 is 0 Å².